The van der Waals surface area contributed by atoms with Crippen LogP contribution in [0, 0.1) is 11.6 Å². The molecular formula is C14H13BrF2N2. The Labute approximate surface area is 119 Å². The van der Waals surface area contributed by atoms with Gasteiger partial charge in [-0.2, -0.15) is 0 Å². The van der Waals surface area contributed by atoms with Gasteiger partial charge in [-0.05, 0) is 39.7 Å². The van der Waals surface area contributed by atoms with E-state index in [4.69, 9.17) is 5.73 Å². The van der Waals surface area contributed by atoms with Crippen molar-refractivity contribution in [2.24, 2.45) is 0 Å². The van der Waals surface area contributed by atoms with Crippen LogP contribution < -0.4 is 10.6 Å². The molecular weight excluding hydrogens is 314 g/mol. The minimum absolute atomic E-state index is 0.291. The Bertz CT molecular complexity index is 602. The number of benzene rings is 2. The second kappa shape index (κ2) is 5.57. The Morgan fingerprint density at radius 2 is 1.95 bits per heavy atom. The first-order chi connectivity index (χ1) is 8.97. The molecule has 0 aliphatic rings. The lowest BCUT2D eigenvalue weighted by atomic mass is 10.2. The predicted octanol–water partition coefficient (Wildman–Crippen LogP) is 3.95. The molecule has 0 aliphatic carbocycles. The van der Waals surface area contributed by atoms with E-state index in [1.165, 1.54) is 24.3 Å². The molecule has 2 nitrogen and oxygen atoms in total. The van der Waals surface area contributed by atoms with Crippen LogP contribution in [-0.2, 0) is 6.54 Å². The van der Waals surface area contributed by atoms with Crippen LogP contribution in [0.15, 0.2) is 40.9 Å². The second-order valence-corrected chi connectivity index (χ2v) is 5.17. The third-order valence-electron chi connectivity index (χ3n) is 2.79. The van der Waals surface area contributed by atoms with Gasteiger partial charge in [-0.3, -0.25) is 0 Å². The molecule has 2 aromatic carbocycles. The standard InChI is InChI=1S/C14H13BrF2N2/c1-19(8-9-3-2-4-10(16)5-9)14-7-12(17)11(15)6-13(14)18/h2-7H,8,18H2,1H3. The third kappa shape index (κ3) is 3.23. The summed E-state index contributed by atoms with van der Waals surface area (Å²) in [7, 11) is 1.78. The molecule has 0 atom stereocenters. The van der Waals surface area contributed by atoms with Gasteiger partial charge in [0.2, 0.25) is 0 Å². The van der Waals surface area contributed by atoms with Gasteiger partial charge < -0.3 is 10.6 Å². The molecule has 0 aliphatic heterocycles. The lowest BCUT2D eigenvalue weighted by molar-refractivity contribution is 0.619. The Hall–Kier alpha value is -1.62. The molecule has 2 N–H and O–H groups in total. The van der Waals surface area contributed by atoms with E-state index in [-0.39, 0.29) is 11.6 Å². The van der Waals surface area contributed by atoms with Gasteiger partial charge in [-0.1, -0.05) is 12.1 Å². The Morgan fingerprint density at radius 3 is 2.63 bits per heavy atom. The topological polar surface area (TPSA) is 29.3 Å². The number of hydrogen-bond donors (Lipinski definition) is 1. The number of halogens is 3. The van der Waals surface area contributed by atoms with E-state index in [0.717, 1.165) is 5.56 Å². The molecule has 2 aromatic rings. The molecule has 0 spiro atoms. The molecule has 2 rings (SSSR count). The molecule has 0 heterocycles. The van der Waals surface area contributed by atoms with Crippen LogP contribution in [0.25, 0.3) is 0 Å². The van der Waals surface area contributed by atoms with Crippen molar-refractivity contribution in [3.05, 3.63) is 58.1 Å². The van der Waals surface area contributed by atoms with Crippen LogP contribution in [-0.4, -0.2) is 7.05 Å². The number of rotatable bonds is 3. The van der Waals surface area contributed by atoms with Crippen molar-refractivity contribution >= 4 is 27.3 Å². The van der Waals surface area contributed by atoms with Gasteiger partial charge in [-0.25, -0.2) is 8.78 Å². The minimum atomic E-state index is -0.379. The van der Waals surface area contributed by atoms with Gasteiger partial charge >= 0.3 is 0 Å². The minimum Gasteiger partial charge on any atom is -0.397 e. The van der Waals surface area contributed by atoms with Crippen molar-refractivity contribution in [2.45, 2.75) is 6.54 Å². The summed E-state index contributed by atoms with van der Waals surface area (Å²) in [5.74, 6) is -0.670. The van der Waals surface area contributed by atoms with Gasteiger partial charge in [0.05, 0.1) is 15.8 Å². The van der Waals surface area contributed by atoms with E-state index in [2.05, 4.69) is 15.9 Å². The second-order valence-electron chi connectivity index (χ2n) is 4.31. The summed E-state index contributed by atoms with van der Waals surface area (Å²) in [6, 6.07) is 9.17. The molecule has 0 fully saturated rings. The Kier molecular flexibility index (Phi) is 4.04. The van der Waals surface area contributed by atoms with E-state index >= 15 is 0 Å². The Balaban J connectivity index is 2.25. The molecule has 5 heteroatoms. The van der Waals surface area contributed by atoms with E-state index in [9.17, 15) is 8.78 Å². The first kappa shape index (κ1) is 13.8. The zero-order valence-electron chi connectivity index (χ0n) is 10.3. The SMILES string of the molecule is CN(Cc1cccc(F)c1)c1cc(F)c(Br)cc1N. The van der Waals surface area contributed by atoms with Crippen LogP contribution >= 0.6 is 15.9 Å². The summed E-state index contributed by atoms with van der Waals surface area (Å²) in [4.78, 5) is 1.78. The van der Waals surface area contributed by atoms with Gasteiger partial charge in [0.25, 0.3) is 0 Å². The van der Waals surface area contributed by atoms with Crippen LogP contribution in [0.3, 0.4) is 0 Å². The maximum Gasteiger partial charge on any atom is 0.139 e. The largest absolute Gasteiger partial charge is 0.397 e. The summed E-state index contributed by atoms with van der Waals surface area (Å²) >= 11 is 3.08. The lowest BCUT2D eigenvalue weighted by Crippen LogP contribution is -2.18. The third-order valence-corrected chi connectivity index (χ3v) is 3.40. The molecule has 19 heavy (non-hydrogen) atoms. The van der Waals surface area contributed by atoms with E-state index in [1.807, 2.05) is 6.07 Å². The maximum absolute atomic E-state index is 13.5. The molecule has 100 valence electrons. The number of nitrogens with zero attached hydrogens (tertiary/aromatic N) is 1. The van der Waals surface area contributed by atoms with Gasteiger partial charge in [-0.15, -0.1) is 0 Å². The Morgan fingerprint density at radius 1 is 1.21 bits per heavy atom. The van der Waals surface area contributed by atoms with E-state index < -0.39 is 0 Å². The average molecular weight is 327 g/mol. The quantitative estimate of drug-likeness (QED) is 0.865. The van der Waals surface area contributed by atoms with Crippen LogP contribution in [0.1, 0.15) is 5.56 Å². The fourth-order valence-corrected chi connectivity index (χ4v) is 2.24. The zero-order chi connectivity index (χ0) is 14.0. The summed E-state index contributed by atoms with van der Waals surface area (Å²) in [6.45, 7) is 0.447. The molecule has 0 amide bonds. The number of anilines is 2. The van der Waals surface area contributed by atoms with Gasteiger partial charge in [0, 0.05) is 19.7 Å². The van der Waals surface area contributed by atoms with Gasteiger partial charge in [0.15, 0.2) is 0 Å². The fraction of sp³-hybridized carbons (Fsp3) is 0.143. The summed E-state index contributed by atoms with van der Waals surface area (Å²) in [5.41, 5.74) is 7.70. The summed E-state index contributed by atoms with van der Waals surface area (Å²) in [6.07, 6.45) is 0. The molecule has 0 saturated heterocycles. The number of nitrogens with two attached hydrogens (primary N) is 1. The number of hydrogen-bond acceptors (Lipinski definition) is 2. The first-order valence-electron chi connectivity index (χ1n) is 5.67. The molecule has 0 aromatic heterocycles. The highest BCUT2D eigenvalue weighted by Crippen LogP contribution is 2.29. The summed E-state index contributed by atoms with van der Waals surface area (Å²) < 4.78 is 27.0. The van der Waals surface area contributed by atoms with Crippen molar-refractivity contribution in [2.75, 3.05) is 17.7 Å². The highest BCUT2D eigenvalue weighted by Gasteiger charge is 2.10. The predicted molar refractivity (Wildman–Crippen MR) is 77.0 cm³/mol. The molecule has 0 unspecified atom stereocenters. The highest BCUT2D eigenvalue weighted by atomic mass is 79.9. The van der Waals surface area contributed by atoms with Crippen molar-refractivity contribution in [3.8, 4) is 0 Å². The number of nitrogen functional groups attached to an aromatic ring is 1. The van der Waals surface area contributed by atoms with E-state index in [1.54, 1.807) is 18.0 Å². The zero-order valence-corrected chi connectivity index (χ0v) is 11.9. The van der Waals surface area contributed by atoms with Crippen molar-refractivity contribution in [1.29, 1.82) is 0 Å². The molecule has 0 bridgehead atoms. The lowest BCUT2D eigenvalue weighted by Gasteiger charge is -2.21. The van der Waals surface area contributed by atoms with Crippen molar-refractivity contribution in [1.82, 2.24) is 0 Å². The highest BCUT2D eigenvalue weighted by molar-refractivity contribution is 9.10. The normalized spacial score (nSPS) is 10.5. The van der Waals surface area contributed by atoms with Crippen LogP contribution in [0.5, 0.6) is 0 Å². The van der Waals surface area contributed by atoms with Crippen molar-refractivity contribution < 1.29 is 8.78 Å². The smallest absolute Gasteiger partial charge is 0.139 e. The van der Waals surface area contributed by atoms with Gasteiger partial charge in [0.1, 0.15) is 11.6 Å². The van der Waals surface area contributed by atoms with Crippen LogP contribution in [0.2, 0.25) is 0 Å². The van der Waals surface area contributed by atoms with Crippen molar-refractivity contribution in [3.63, 3.8) is 0 Å². The summed E-state index contributed by atoms with van der Waals surface area (Å²) in [5, 5.41) is 0. The first-order valence-corrected chi connectivity index (χ1v) is 6.47. The van der Waals surface area contributed by atoms with Crippen LogP contribution in [0.4, 0.5) is 20.2 Å². The fourth-order valence-electron chi connectivity index (χ4n) is 1.88. The molecule has 0 saturated carbocycles. The monoisotopic (exact) mass is 326 g/mol. The maximum atomic E-state index is 13.5. The molecule has 0 radical (unpaired) electrons. The van der Waals surface area contributed by atoms with E-state index in [0.29, 0.717) is 22.4 Å². The average Bonchev–Trinajstić information content (AvgIpc) is 2.33.